The molecule has 1 heterocycles. The summed E-state index contributed by atoms with van der Waals surface area (Å²) >= 11 is 7.61. The number of hydrogen-bond acceptors (Lipinski definition) is 4. The molecule has 1 atom stereocenters. The Morgan fingerprint density at radius 2 is 2.18 bits per heavy atom. The zero-order valence-electron chi connectivity index (χ0n) is 15.6. The first-order valence-electron chi connectivity index (χ1n) is 9.28. The van der Waals surface area contributed by atoms with Crippen molar-refractivity contribution in [2.45, 2.75) is 37.4 Å². The standard InChI is InChI=1S/C21H21ClN4OS/c1-14-9-10-16(11-18(14)22)26-13-23-25-21(26)28-12-20(27)24-19-8-4-6-15-5-2-3-7-17(15)19/h2-3,5,7,9-11,13,19H,4,6,8,12H2,1H3,(H,24,27)/t19-/m0/s1. The fourth-order valence-corrected chi connectivity index (χ4v) is 4.42. The molecule has 0 spiro atoms. The highest BCUT2D eigenvalue weighted by atomic mass is 35.5. The first-order valence-corrected chi connectivity index (χ1v) is 10.6. The zero-order valence-corrected chi connectivity index (χ0v) is 17.1. The minimum atomic E-state index is 0.00296. The van der Waals surface area contributed by atoms with Crippen LogP contribution in [0, 0.1) is 6.92 Å². The molecule has 0 fully saturated rings. The summed E-state index contributed by atoms with van der Waals surface area (Å²) in [5.41, 5.74) is 4.47. The van der Waals surface area contributed by atoms with Crippen molar-refractivity contribution < 1.29 is 4.79 Å². The lowest BCUT2D eigenvalue weighted by atomic mass is 9.88. The van der Waals surface area contributed by atoms with Gasteiger partial charge in [-0.1, -0.05) is 53.7 Å². The van der Waals surface area contributed by atoms with Gasteiger partial charge in [0.2, 0.25) is 5.91 Å². The molecular formula is C21H21ClN4OS. The van der Waals surface area contributed by atoms with Crippen LogP contribution in [0.3, 0.4) is 0 Å². The van der Waals surface area contributed by atoms with Gasteiger partial charge in [-0.15, -0.1) is 10.2 Å². The van der Waals surface area contributed by atoms with Gasteiger partial charge in [-0.05, 0) is 55.0 Å². The molecule has 1 aliphatic rings. The minimum Gasteiger partial charge on any atom is -0.349 e. The van der Waals surface area contributed by atoms with Gasteiger partial charge in [0.25, 0.3) is 0 Å². The van der Waals surface area contributed by atoms with Crippen LogP contribution in [0.4, 0.5) is 0 Å². The smallest absolute Gasteiger partial charge is 0.230 e. The van der Waals surface area contributed by atoms with Crippen molar-refractivity contribution in [3.63, 3.8) is 0 Å². The fourth-order valence-electron chi connectivity index (χ4n) is 3.50. The van der Waals surface area contributed by atoms with E-state index in [1.807, 2.05) is 35.8 Å². The number of carbonyl (C=O) groups is 1. The Labute approximate surface area is 173 Å². The second-order valence-corrected chi connectivity index (χ2v) is 8.27. The normalized spacial score (nSPS) is 15.9. The average Bonchev–Trinajstić information content (AvgIpc) is 3.17. The summed E-state index contributed by atoms with van der Waals surface area (Å²) in [5, 5.41) is 12.7. The van der Waals surface area contributed by atoms with Crippen molar-refractivity contribution in [1.29, 1.82) is 0 Å². The van der Waals surface area contributed by atoms with Gasteiger partial charge >= 0.3 is 0 Å². The van der Waals surface area contributed by atoms with E-state index in [1.54, 1.807) is 6.33 Å². The lowest BCUT2D eigenvalue weighted by Gasteiger charge is -2.26. The van der Waals surface area contributed by atoms with Crippen LogP contribution in [0.1, 0.15) is 35.6 Å². The Kier molecular flexibility index (Phi) is 5.69. The van der Waals surface area contributed by atoms with Gasteiger partial charge < -0.3 is 5.32 Å². The summed E-state index contributed by atoms with van der Waals surface area (Å²) in [6.07, 6.45) is 4.79. The maximum absolute atomic E-state index is 12.6. The molecule has 1 aliphatic carbocycles. The van der Waals surface area contributed by atoms with E-state index in [0.29, 0.717) is 10.2 Å². The van der Waals surface area contributed by atoms with Crippen LogP contribution in [0.15, 0.2) is 53.9 Å². The SMILES string of the molecule is Cc1ccc(-n2cnnc2SCC(=O)N[C@H]2CCCc3ccccc32)cc1Cl. The summed E-state index contributed by atoms with van der Waals surface area (Å²) in [7, 11) is 0. The van der Waals surface area contributed by atoms with E-state index in [9.17, 15) is 4.79 Å². The van der Waals surface area contributed by atoms with Crippen molar-refractivity contribution in [1.82, 2.24) is 20.1 Å². The maximum Gasteiger partial charge on any atom is 0.230 e. The molecule has 1 aromatic heterocycles. The molecule has 0 aliphatic heterocycles. The molecule has 7 heteroatoms. The molecule has 1 N–H and O–H groups in total. The molecule has 28 heavy (non-hydrogen) atoms. The van der Waals surface area contributed by atoms with E-state index in [-0.39, 0.29) is 17.7 Å². The molecule has 0 saturated heterocycles. The molecule has 0 radical (unpaired) electrons. The summed E-state index contributed by atoms with van der Waals surface area (Å²) in [6.45, 7) is 1.96. The van der Waals surface area contributed by atoms with Gasteiger partial charge in [-0.3, -0.25) is 9.36 Å². The van der Waals surface area contributed by atoms with Gasteiger partial charge in [-0.25, -0.2) is 0 Å². The van der Waals surface area contributed by atoms with Crippen molar-refractivity contribution in [3.8, 4) is 5.69 Å². The summed E-state index contributed by atoms with van der Waals surface area (Å²) in [6, 6.07) is 14.3. The number of nitrogens with one attached hydrogen (secondary N) is 1. The highest BCUT2D eigenvalue weighted by Crippen LogP contribution is 2.30. The van der Waals surface area contributed by atoms with Crippen LogP contribution in [0.25, 0.3) is 5.69 Å². The lowest BCUT2D eigenvalue weighted by Crippen LogP contribution is -2.32. The summed E-state index contributed by atoms with van der Waals surface area (Å²) in [4.78, 5) is 12.6. The van der Waals surface area contributed by atoms with Crippen LogP contribution >= 0.6 is 23.4 Å². The molecule has 5 nitrogen and oxygen atoms in total. The van der Waals surface area contributed by atoms with Gasteiger partial charge in [0.15, 0.2) is 5.16 Å². The number of thioether (sulfide) groups is 1. The van der Waals surface area contributed by atoms with Crippen molar-refractivity contribution in [3.05, 3.63) is 70.5 Å². The lowest BCUT2D eigenvalue weighted by molar-refractivity contribution is -0.119. The van der Waals surface area contributed by atoms with Crippen LogP contribution in [0.2, 0.25) is 5.02 Å². The van der Waals surface area contributed by atoms with E-state index in [4.69, 9.17) is 11.6 Å². The minimum absolute atomic E-state index is 0.00296. The predicted octanol–water partition coefficient (Wildman–Crippen LogP) is 4.52. The first kappa shape index (κ1) is 19.0. The molecule has 3 aromatic rings. The molecule has 0 unspecified atom stereocenters. The number of aryl methyl sites for hydroxylation is 2. The number of benzene rings is 2. The number of rotatable bonds is 5. The van der Waals surface area contributed by atoms with E-state index in [1.165, 1.54) is 22.9 Å². The van der Waals surface area contributed by atoms with Gasteiger partial charge in [0.05, 0.1) is 17.5 Å². The average molecular weight is 413 g/mol. The number of nitrogens with zero attached hydrogens (tertiary/aromatic N) is 3. The topological polar surface area (TPSA) is 59.8 Å². The van der Waals surface area contributed by atoms with E-state index < -0.39 is 0 Å². The Balaban J connectivity index is 1.41. The largest absolute Gasteiger partial charge is 0.349 e. The zero-order chi connectivity index (χ0) is 19.5. The number of carbonyl (C=O) groups excluding carboxylic acids is 1. The molecule has 0 bridgehead atoms. The Hall–Kier alpha value is -2.31. The van der Waals surface area contributed by atoms with E-state index >= 15 is 0 Å². The highest BCUT2D eigenvalue weighted by molar-refractivity contribution is 7.99. The number of aromatic nitrogens is 3. The number of halogens is 1. The summed E-state index contributed by atoms with van der Waals surface area (Å²) in [5.74, 6) is 0.292. The van der Waals surface area contributed by atoms with Crippen LogP contribution in [-0.2, 0) is 11.2 Å². The Morgan fingerprint density at radius 3 is 3.04 bits per heavy atom. The number of fused-ring (bicyclic) bond motifs is 1. The van der Waals surface area contributed by atoms with E-state index in [2.05, 4.69) is 33.7 Å². The molecule has 2 aromatic carbocycles. The van der Waals surface area contributed by atoms with Gasteiger partial charge in [0, 0.05) is 5.02 Å². The third-order valence-electron chi connectivity index (χ3n) is 4.99. The molecular weight excluding hydrogens is 392 g/mol. The molecule has 0 saturated carbocycles. The van der Waals surface area contributed by atoms with Crippen LogP contribution in [0.5, 0.6) is 0 Å². The number of amides is 1. The first-order chi connectivity index (χ1) is 13.6. The fraction of sp³-hybridized carbons (Fsp3) is 0.286. The van der Waals surface area contributed by atoms with Gasteiger partial charge in [0.1, 0.15) is 6.33 Å². The van der Waals surface area contributed by atoms with Crippen molar-refractivity contribution in [2.24, 2.45) is 0 Å². The quantitative estimate of drug-likeness (QED) is 0.626. The second kappa shape index (κ2) is 8.37. The molecule has 4 rings (SSSR count). The van der Waals surface area contributed by atoms with Crippen molar-refractivity contribution in [2.75, 3.05) is 5.75 Å². The molecule has 144 valence electrons. The predicted molar refractivity (Wildman–Crippen MR) is 112 cm³/mol. The van der Waals surface area contributed by atoms with Crippen molar-refractivity contribution >= 4 is 29.3 Å². The third-order valence-corrected chi connectivity index (χ3v) is 6.34. The molecule has 1 amide bonds. The Bertz CT molecular complexity index is 1000. The maximum atomic E-state index is 12.6. The second-order valence-electron chi connectivity index (χ2n) is 6.92. The van der Waals surface area contributed by atoms with Gasteiger partial charge in [-0.2, -0.15) is 0 Å². The van der Waals surface area contributed by atoms with Crippen LogP contribution in [-0.4, -0.2) is 26.4 Å². The number of hydrogen-bond donors (Lipinski definition) is 1. The Morgan fingerprint density at radius 1 is 1.32 bits per heavy atom. The van der Waals surface area contributed by atoms with E-state index in [0.717, 1.165) is 30.5 Å². The summed E-state index contributed by atoms with van der Waals surface area (Å²) < 4.78 is 1.85. The van der Waals surface area contributed by atoms with Crippen LogP contribution < -0.4 is 5.32 Å². The third kappa shape index (κ3) is 4.08. The monoisotopic (exact) mass is 412 g/mol. The highest BCUT2D eigenvalue weighted by Gasteiger charge is 2.21.